The average Bonchev–Trinajstić information content (AvgIpc) is 2.38. The first-order valence-electron chi connectivity index (χ1n) is 5.63. The molecule has 1 aliphatic heterocycles. The third-order valence-corrected chi connectivity index (χ3v) is 2.53. The van der Waals surface area contributed by atoms with Crippen molar-refractivity contribution < 1.29 is 14.3 Å². The lowest BCUT2D eigenvalue weighted by Gasteiger charge is -2.18. The Labute approximate surface area is 100 Å². The van der Waals surface area contributed by atoms with Gasteiger partial charge in [-0.15, -0.1) is 0 Å². The Kier molecular flexibility index (Phi) is 3.69. The van der Waals surface area contributed by atoms with E-state index in [1.54, 1.807) is 7.05 Å². The minimum Gasteiger partial charge on any atom is -0.486 e. The van der Waals surface area contributed by atoms with Crippen LogP contribution in [-0.4, -0.2) is 32.8 Å². The lowest BCUT2D eigenvalue weighted by molar-refractivity contribution is 0.171. The van der Waals surface area contributed by atoms with Crippen LogP contribution in [0.1, 0.15) is 5.56 Å². The summed E-state index contributed by atoms with van der Waals surface area (Å²) in [6.45, 7) is 1.79. The van der Waals surface area contributed by atoms with E-state index in [9.17, 15) is 4.79 Å². The molecule has 2 N–H and O–H groups in total. The lowest BCUT2D eigenvalue weighted by atomic mass is 10.1. The molecule has 0 spiro atoms. The predicted octanol–water partition coefficient (Wildman–Crippen LogP) is 0.929. The molecule has 0 atom stereocenters. The molecule has 5 heteroatoms. The van der Waals surface area contributed by atoms with E-state index < -0.39 is 0 Å². The smallest absolute Gasteiger partial charge is 0.314 e. The second-order valence-corrected chi connectivity index (χ2v) is 3.73. The van der Waals surface area contributed by atoms with Crippen molar-refractivity contribution in [2.75, 3.05) is 26.8 Å². The van der Waals surface area contributed by atoms with E-state index in [-0.39, 0.29) is 6.03 Å². The second-order valence-electron chi connectivity index (χ2n) is 3.73. The minimum atomic E-state index is -0.164. The van der Waals surface area contributed by atoms with Gasteiger partial charge in [0.25, 0.3) is 0 Å². The van der Waals surface area contributed by atoms with Crippen LogP contribution in [0.2, 0.25) is 0 Å². The normalized spacial score (nSPS) is 13.0. The first kappa shape index (κ1) is 11.6. The van der Waals surface area contributed by atoms with Crippen LogP contribution in [0.5, 0.6) is 11.5 Å². The predicted molar refractivity (Wildman–Crippen MR) is 63.6 cm³/mol. The molecular weight excluding hydrogens is 220 g/mol. The highest BCUT2D eigenvalue weighted by Gasteiger charge is 2.11. The average molecular weight is 236 g/mol. The van der Waals surface area contributed by atoms with Crippen LogP contribution in [0.4, 0.5) is 4.79 Å². The summed E-state index contributed by atoms with van der Waals surface area (Å²) < 4.78 is 10.9. The molecule has 0 unspecified atom stereocenters. The summed E-state index contributed by atoms with van der Waals surface area (Å²) in [6.07, 6.45) is 0.768. The Morgan fingerprint density at radius 3 is 2.82 bits per heavy atom. The summed E-state index contributed by atoms with van der Waals surface area (Å²) in [4.78, 5) is 11.0. The largest absolute Gasteiger partial charge is 0.486 e. The molecule has 2 amide bonds. The monoisotopic (exact) mass is 236 g/mol. The molecule has 5 nitrogen and oxygen atoms in total. The Balaban J connectivity index is 1.91. The molecule has 1 aliphatic rings. The topological polar surface area (TPSA) is 59.6 Å². The number of amides is 2. The van der Waals surface area contributed by atoms with Crippen molar-refractivity contribution in [2.45, 2.75) is 6.42 Å². The van der Waals surface area contributed by atoms with E-state index >= 15 is 0 Å². The van der Waals surface area contributed by atoms with Crippen LogP contribution in [0.15, 0.2) is 18.2 Å². The zero-order valence-electron chi connectivity index (χ0n) is 9.79. The van der Waals surface area contributed by atoms with Crippen LogP contribution < -0.4 is 20.1 Å². The SMILES string of the molecule is CNC(=O)NCCc1ccc2c(c1)OCCO2. The molecule has 1 aromatic carbocycles. The standard InChI is InChI=1S/C12H16N2O3/c1-13-12(15)14-5-4-9-2-3-10-11(8-9)17-7-6-16-10/h2-3,8H,4-7H2,1H3,(H2,13,14,15). The number of carbonyl (C=O) groups excluding carboxylic acids is 1. The maximum atomic E-state index is 11.0. The molecule has 2 rings (SSSR count). The maximum absolute atomic E-state index is 11.0. The van der Waals surface area contributed by atoms with Gasteiger partial charge >= 0.3 is 6.03 Å². The van der Waals surface area contributed by atoms with Crippen molar-refractivity contribution in [1.29, 1.82) is 0 Å². The van der Waals surface area contributed by atoms with Gasteiger partial charge in [-0.3, -0.25) is 0 Å². The summed E-state index contributed by atoms with van der Waals surface area (Å²) in [7, 11) is 1.60. The lowest BCUT2D eigenvalue weighted by Crippen LogP contribution is -2.34. The molecule has 1 heterocycles. The highest BCUT2D eigenvalue weighted by molar-refractivity contribution is 5.73. The van der Waals surface area contributed by atoms with Crippen LogP contribution in [0.3, 0.4) is 0 Å². The fraction of sp³-hybridized carbons (Fsp3) is 0.417. The van der Waals surface area contributed by atoms with Gasteiger partial charge in [0.2, 0.25) is 0 Å². The van der Waals surface area contributed by atoms with Crippen LogP contribution in [-0.2, 0) is 6.42 Å². The molecule has 0 saturated heterocycles. The molecule has 17 heavy (non-hydrogen) atoms. The fourth-order valence-electron chi connectivity index (χ4n) is 1.65. The summed E-state index contributed by atoms with van der Waals surface area (Å²) in [6, 6.07) is 5.69. The molecule has 0 aliphatic carbocycles. The zero-order valence-corrected chi connectivity index (χ0v) is 9.79. The highest BCUT2D eigenvalue weighted by Crippen LogP contribution is 2.30. The van der Waals surface area contributed by atoms with Crippen LogP contribution in [0, 0.1) is 0 Å². The fourth-order valence-corrected chi connectivity index (χ4v) is 1.65. The number of hydrogen-bond donors (Lipinski definition) is 2. The molecule has 0 saturated carbocycles. The van der Waals surface area contributed by atoms with Crippen molar-refractivity contribution in [3.8, 4) is 11.5 Å². The van der Waals surface area contributed by atoms with E-state index in [0.29, 0.717) is 19.8 Å². The van der Waals surface area contributed by atoms with E-state index in [2.05, 4.69) is 10.6 Å². The van der Waals surface area contributed by atoms with Gasteiger partial charge in [-0.25, -0.2) is 4.79 Å². The van der Waals surface area contributed by atoms with Crippen molar-refractivity contribution in [3.05, 3.63) is 23.8 Å². The number of nitrogens with one attached hydrogen (secondary N) is 2. The number of urea groups is 1. The maximum Gasteiger partial charge on any atom is 0.314 e. The molecule has 0 bridgehead atoms. The van der Waals surface area contributed by atoms with Gasteiger partial charge < -0.3 is 20.1 Å². The third kappa shape index (κ3) is 3.03. The third-order valence-electron chi connectivity index (χ3n) is 2.53. The van der Waals surface area contributed by atoms with Gasteiger partial charge in [0, 0.05) is 13.6 Å². The Morgan fingerprint density at radius 2 is 2.06 bits per heavy atom. The Hall–Kier alpha value is -1.91. The number of ether oxygens (including phenoxy) is 2. The van der Waals surface area contributed by atoms with Crippen molar-refractivity contribution in [2.24, 2.45) is 0 Å². The molecule has 0 fully saturated rings. The molecule has 0 aromatic heterocycles. The quantitative estimate of drug-likeness (QED) is 0.820. The van der Waals surface area contributed by atoms with Gasteiger partial charge in [-0.2, -0.15) is 0 Å². The summed E-state index contributed by atoms with van der Waals surface area (Å²) in [5.74, 6) is 1.58. The van der Waals surface area contributed by atoms with Gasteiger partial charge in [0.1, 0.15) is 13.2 Å². The van der Waals surface area contributed by atoms with Gasteiger partial charge in [0.05, 0.1) is 0 Å². The zero-order chi connectivity index (χ0) is 12.1. The van der Waals surface area contributed by atoms with E-state index in [4.69, 9.17) is 9.47 Å². The van der Waals surface area contributed by atoms with E-state index in [0.717, 1.165) is 23.5 Å². The van der Waals surface area contributed by atoms with Crippen LogP contribution >= 0.6 is 0 Å². The molecule has 1 aromatic rings. The summed E-state index contributed by atoms with van der Waals surface area (Å²) in [5, 5.41) is 5.25. The van der Waals surface area contributed by atoms with Crippen molar-refractivity contribution in [1.82, 2.24) is 10.6 Å². The minimum absolute atomic E-state index is 0.164. The van der Waals surface area contributed by atoms with Crippen molar-refractivity contribution in [3.63, 3.8) is 0 Å². The first-order chi connectivity index (χ1) is 8.29. The molecule has 0 radical (unpaired) electrons. The number of hydrogen-bond acceptors (Lipinski definition) is 3. The first-order valence-corrected chi connectivity index (χ1v) is 5.63. The number of carbonyl (C=O) groups is 1. The second kappa shape index (κ2) is 5.43. The number of fused-ring (bicyclic) bond motifs is 1. The number of benzene rings is 1. The van der Waals surface area contributed by atoms with E-state index in [1.807, 2.05) is 18.2 Å². The summed E-state index contributed by atoms with van der Waals surface area (Å²) >= 11 is 0. The molecule has 92 valence electrons. The van der Waals surface area contributed by atoms with E-state index in [1.165, 1.54) is 0 Å². The van der Waals surface area contributed by atoms with Gasteiger partial charge in [-0.05, 0) is 24.1 Å². The summed E-state index contributed by atoms with van der Waals surface area (Å²) in [5.41, 5.74) is 1.12. The van der Waals surface area contributed by atoms with Crippen molar-refractivity contribution >= 4 is 6.03 Å². The number of rotatable bonds is 3. The van der Waals surface area contributed by atoms with Gasteiger partial charge in [0.15, 0.2) is 11.5 Å². The Morgan fingerprint density at radius 1 is 1.29 bits per heavy atom. The molecular formula is C12H16N2O3. The van der Waals surface area contributed by atoms with Gasteiger partial charge in [-0.1, -0.05) is 6.07 Å². The Bertz CT molecular complexity index is 407. The van der Waals surface area contributed by atoms with Crippen LogP contribution in [0.25, 0.3) is 0 Å². The highest BCUT2D eigenvalue weighted by atomic mass is 16.6.